The molecule has 0 aliphatic carbocycles. The lowest BCUT2D eigenvalue weighted by Crippen LogP contribution is -2.22. The lowest BCUT2D eigenvalue weighted by atomic mass is 10.1. The van der Waals surface area contributed by atoms with Crippen LogP contribution in [0.2, 0.25) is 0 Å². The van der Waals surface area contributed by atoms with Gasteiger partial charge in [-0.05, 0) is 24.3 Å². The molecule has 3 heterocycles. The molecule has 1 amide bonds. The van der Waals surface area contributed by atoms with Gasteiger partial charge in [0, 0.05) is 5.56 Å². The highest BCUT2D eigenvalue weighted by Gasteiger charge is 2.37. The molecule has 26 heavy (non-hydrogen) atoms. The average Bonchev–Trinajstić information content (AvgIpc) is 3.05. The predicted octanol–water partition coefficient (Wildman–Crippen LogP) is 2.56. The van der Waals surface area contributed by atoms with E-state index in [1.54, 1.807) is 24.3 Å². The van der Waals surface area contributed by atoms with Crippen LogP contribution >= 0.6 is 0 Å². The minimum Gasteiger partial charge on any atom is -0.488 e. The number of ether oxygens (including phenoxy) is 1. The summed E-state index contributed by atoms with van der Waals surface area (Å²) in [6, 6.07) is 9.82. The Morgan fingerprint density at radius 2 is 1.96 bits per heavy atom. The van der Waals surface area contributed by atoms with Gasteiger partial charge in [-0.2, -0.15) is 17.7 Å². The molecule has 2 aromatic heterocycles. The van der Waals surface area contributed by atoms with Gasteiger partial charge in [-0.3, -0.25) is 4.79 Å². The summed E-state index contributed by atoms with van der Waals surface area (Å²) in [7, 11) is 0. The summed E-state index contributed by atoms with van der Waals surface area (Å²) in [6.45, 7) is 0.0471. The van der Waals surface area contributed by atoms with Crippen molar-refractivity contribution in [3.05, 3.63) is 53.4 Å². The van der Waals surface area contributed by atoms with E-state index in [0.717, 1.165) is 5.56 Å². The summed E-state index contributed by atoms with van der Waals surface area (Å²) in [6.07, 6.45) is -3.05. The number of para-hydroxylation sites is 1. The molecule has 1 aliphatic heterocycles. The number of rotatable bonds is 2. The number of carbonyl (C=O) groups is 1. The first-order valence-electron chi connectivity index (χ1n) is 7.45. The van der Waals surface area contributed by atoms with Gasteiger partial charge in [-0.15, -0.1) is 15.3 Å². The average molecular weight is 361 g/mol. The van der Waals surface area contributed by atoms with E-state index in [1.165, 1.54) is 12.1 Å². The smallest absolute Gasteiger partial charge is 0.453 e. The third kappa shape index (κ3) is 2.85. The van der Waals surface area contributed by atoms with Crippen molar-refractivity contribution in [3.8, 4) is 5.75 Å². The number of nitrogens with zero attached hydrogens (tertiary/aromatic N) is 4. The lowest BCUT2D eigenvalue weighted by Gasteiger charge is -2.17. The number of aromatic nitrogens is 4. The highest BCUT2D eigenvalue weighted by atomic mass is 19.4. The van der Waals surface area contributed by atoms with Gasteiger partial charge in [-0.1, -0.05) is 18.2 Å². The molecule has 1 aliphatic rings. The number of carbonyl (C=O) groups excluding carboxylic acids is 1. The molecule has 7 nitrogen and oxygen atoms in total. The van der Waals surface area contributed by atoms with Crippen molar-refractivity contribution in [1.82, 2.24) is 19.8 Å². The third-order valence-electron chi connectivity index (χ3n) is 3.68. The Labute approximate surface area is 144 Å². The van der Waals surface area contributed by atoms with Gasteiger partial charge >= 0.3 is 6.18 Å². The first-order chi connectivity index (χ1) is 12.4. The van der Waals surface area contributed by atoms with Gasteiger partial charge < -0.3 is 10.1 Å². The van der Waals surface area contributed by atoms with Gasteiger partial charge in [0.2, 0.25) is 0 Å². The van der Waals surface area contributed by atoms with Crippen molar-refractivity contribution < 1.29 is 22.7 Å². The standard InChI is InChI=1S/C16H10F3N5O2/c17-16(18,19)15-22-21-13-6-5-12(23-24(13)15)20-14(25)10-7-9-3-1-2-4-11(9)26-8-10/h1-7H,8H2,(H,20,23,25). The zero-order chi connectivity index (χ0) is 18.3. The molecule has 1 N–H and O–H groups in total. The Kier molecular flexibility index (Phi) is 3.60. The Balaban J connectivity index is 1.61. The number of nitrogens with one attached hydrogen (secondary N) is 1. The molecule has 0 unspecified atom stereocenters. The number of fused-ring (bicyclic) bond motifs is 2. The molecule has 3 aromatic rings. The Morgan fingerprint density at radius 3 is 2.77 bits per heavy atom. The van der Waals surface area contributed by atoms with Crippen LogP contribution in [0.25, 0.3) is 11.7 Å². The third-order valence-corrected chi connectivity index (χ3v) is 3.68. The van der Waals surface area contributed by atoms with E-state index in [1.807, 2.05) is 6.07 Å². The SMILES string of the molecule is O=C(Nc1ccc2nnc(C(F)(F)F)n2n1)C1=Cc2ccccc2OC1. The minimum absolute atomic E-state index is 0.0471. The monoisotopic (exact) mass is 361 g/mol. The first kappa shape index (κ1) is 16.1. The number of benzene rings is 1. The number of alkyl halides is 3. The number of halogens is 3. The van der Waals surface area contributed by atoms with Crippen LogP contribution in [0.4, 0.5) is 19.0 Å². The lowest BCUT2D eigenvalue weighted by molar-refractivity contribution is -0.146. The quantitative estimate of drug-likeness (QED) is 0.759. The van der Waals surface area contributed by atoms with Gasteiger partial charge in [-0.25, -0.2) is 0 Å². The number of hydrogen-bond donors (Lipinski definition) is 1. The molecule has 0 saturated heterocycles. The van der Waals surface area contributed by atoms with Crippen LogP contribution in [0.15, 0.2) is 42.0 Å². The van der Waals surface area contributed by atoms with E-state index in [2.05, 4.69) is 20.6 Å². The van der Waals surface area contributed by atoms with Crippen LogP contribution in [0.3, 0.4) is 0 Å². The van der Waals surface area contributed by atoms with Gasteiger partial charge in [0.25, 0.3) is 11.7 Å². The molecule has 1 aromatic carbocycles. The minimum atomic E-state index is -4.71. The molecule has 0 radical (unpaired) electrons. The van der Waals surface area contributed by atoms with E-state index in [-0.39, 0.29) is 18.1 Å². The fourth-order valence-corrected chi connectivity index (χ4v) is 2.48. The van der Waals surface area contributed by atoms with Crippen LogP contribution in [-0.4, -0.2) is 32.3 Å². The number of hydrogen-bond acceptors (Lipinski definition) is 5. The van der Waals surface area contributed by atoms with E-state index >= 15 is 0 Å². The topological polar surface area (TPSA) is 81.4 Å². The summed E-state index contributed by atoms with van der Waals surface area (Å²) < 4.78 is 44.7. The molecule has 0 fully saturated rings. The van der Waals surface area contributed by atoms with Crippen LogP contribution in [0, 0.1) is 0 Å². The van der Waals surface area contributed by atoms with E-state index in [9.17, 15) is 18.0 Å². The number of anilines is 1. The first-order valence-corrected chi connectivity index (χ1v) is 7.45. The van der Waals surface area contributed by atoms with E-state index in [0.29, 0.717) is 15.8 Å². The van der Waals surface area contributed by atoms with Crippen LogP contribution < -0.4 is 10.1 Å². The molecule has 0 spiro atoms. The molecule has 132 valence electrons. The van der Waals surface area contributed by atoms with Crippen molar-refractivity contribution in [2.45, 2.75) is 6.18 Å². The molecule has 0 saturated carbocycles. The van der Waals surface area contributed by atoms with E-state index in [4.69, 9.17) is 4.74 Å². The molecular weight excluding hydrogens is 351 g/mol. The summed E-state index contributed by atoms with van der Waals surface area (Å²) >= 11 is 0. The summed E-state index contributed by atoms with van der Waals surface area (Å²) in [5.41, 5.74) is 0.986. The van der Waals surface area contributed by atoms with Gasteiger partial charge in [0.05, 0.1) is 5.57 Å². The van der Waals surface area contributed by atoms with Gasteiger partial charge in [0.15, 0.2) is 11.5 Å². The summed E-state index contributed by atoms with van der Waals surface area (Å²) in [5, 5.41) is 12.7. The molecule has 0 atom stereocenters. The fraction of sp³-hybridized carbons (Fsp3) is 0.125. The van der Waals surface area contributed by atoms with Crippen molar-refractivity contribution in [3.63, 3.8) is 0 Å². The normalized spacial score (nSPS) is 13.7. The van der Waals surface area contributed by atoms with Crippen molar-refractivity contribution in [2.24, 2.45) is 0 Å². The Hall–Kier alpha value is -3.43. The van der Waals surface area contributed by atoms with E-state index < -0.39 is 17.9 Å². The Morgan fingerprint density at radius 1 is 1.15 bits per heavy atom. The highest BCUT2D eigenvalue weighted by Crippen LogP contribution is 2.28. The highest BCUT2D eigenvalue weighted by molar-refractivity contribution is 6.07. The van der Waals surface area contributed by atoms with Crippen LogP contribution in [0.5, 0.6) is 5.75 Å². The predicted molar refractivity (Wildman–Crippen MR) is 84.3 cm³/mol. The van der Waals surface area contributed by atoms with Crippen molar-refractivity contribution in [2.75, 3.05) is 11.9 Å². The second-order valence-corrected chi connectivity index (χ2v) is 5.46. The Bertz CT molecular complexity index is 1040. The number of amides is 1. The second kappa shape index (κ2) is 5.83. The molecule has 4 rings (SSSR count). The second-order valence-electron chi connectivity index (χ2n) is 5.46. The van der Waals surface area contributed by atoms with Crippen LogP contribution in [-0.2, 0) is 11.0 Å². The van der Waals surface area contributed by atoms with Gasteiger partial charge in [0.1, 0.15) is 12.4 Å². The zero-order valence-corrected chi connectivity index (χ0v) is 13.0. The van der Waals surface area contributed by atoms with Crippen molar-refractivity contribution in [1.29, 1.82) is 0 Å². The summed E-state index contributed by atoms with van der Waals surface area (Å²) in [4.78, 5) is 12.4. The maximum Gasteiger partial charge on any atom is 0.453 e. The molecule has 10 heteroatoms. The summed E-state index contributed by atoms with van der Waals surface area (Å²) in [5.74, 6) is -1.19. The zero-order valence-electron chi connectivity index (χ0n) is 13.0. The fourth-order valence-electron chi connectivity index (χ4n) is 2.48. The maximum absolute atomic E-state index is 12.9. The van der Waals surface area contributed by atoms with Crippen LogP contribution in [0.1, 0.15) is 11.4 Å². The molecule has 0 bridgehead atoms. The van der Waals surface area contributed by atoms with Crippen molar-refractivity contribution >= 4 is 23.4 Å². The molecular formula is C16H10F3N5O2. The largest absolute Gasteiger partial charge is 0.488 e. The maximum atomic E-state index is 12.9.